The summed E-state index contributed by atoms with van der Waals surface area (Å²) >= 11 is 0. The van der Waals surface area contributed by atoms with Crippen LogP contribution in [-0.2, 0) is 10.0 Å². The van der Waals surface area contributed by atoms with E-state index in [9.17, 15) is 8.42 Å². The molecule has 0 aromatic rings. The molecule has 0 amide bonds. The van der Waals surface area contributed by atoms with Crippen molar-refractivity contribution in [2.24, 2.45) is 5.73 Å². The van der Waals surface area contributed by atoms with Crippen LogP contribution >= 0.6 is 0 Å². The summed E-state index contributed by atoms with van der Waals surface area (Å²) in [4.78, 5) is 0. The van der Waals surface area contributed by atoms with Crippen molar-refractivity contribution in [1.29, 1.82) is 0 Å². The first-order valence-electron chi connectivity index (χ1n) is 6.56. The Morgan fingerprint density at radius 3 is 2.24 bits per heavy atom. The monoisotopic (exact) mass is 262 g/mol. The van der Waals surface area contributed by atoms with Gasteiger partial charge >= 0.3 is 0 Å². The van der Waals surface area contributed by atoms with Gasteiger partial charge in [0.2, 0.25) is 10.0 Å². The summed E-state index contributed by atoms with van der Waals surface area (Å²) in [6.45, 7) is 4.28. The predicted octanol–water partition coefficient (Wildman–Crippen LogP) is 1.71. The highest BCUT2D eigenvalue weighted by atomic mass is 32.2. The molecule has 0 spiro atoms. The van der Waals surface area contributed by atoms with Crippen molar-refractivity contribution in [2.45, 2.75) is 63.2 Å². The smallest absolute Gasteiger partial charge is 0.217 e. The molecule has 0 bridgehead atoms. The SMILES string of the molecule is CCC(C)(CN)N(C)S(=O)(=O)C1CCCCC1. The van der Waals surface area contributed by atoms with Crippen LogP contribution in [-0.4, -0.2) is 37.1 Å². The zero-order valence-corrected chi connectivity index (χ0v) is 12.1. The first kappa shape index (κ1) is 14.9. The zero-order valence-electron chi connectivity index (χ0n) is 11.3. The van der Waals surface area contributed by atoms with Crippen molar-refractivity contribution in [3.05, 3.63) is 0 Å². The quantitative estimate of drug-likeness (QED) is 0.820. The highest BCUT2D eigenvalue weighted by Gasteiger charge is 2.39. The van der Waals surface area contributed by atoms with E-state index in [-0.39, 0.29) is 5.25 Å². The molecule has 2 N–H and O–H groups in total. The highest BCUT2D eigenvalue weighted by molar-refractivity contribution is 7.89. The molecular formula is C12H26N2O2S. The molecule has 5 heteroatoms. The molecule has 0 radical (unpaired) electrons. The summed E-state index contributed by atoms with van der Waals surface area (Å²) in [5.74, 6) is 0. The largest absolute Gasteiger partial charge is 0.329 e. The average Bonchev–Trinajstić information content (AvgIpc) is 2.38. The van der Waals surface area contributed by atoms with Gasteiger partial charge in [0.1, 0.15) is 0 Å². The van der Waals surface area contributed by atoms with Gasteiger partial charge in [-0.05, 0) is 26.2 Å². The van der Waals surface area contributed by atoms with Gasteiger partial charge in [-0.1, -0.05) is 26.2 Å². The summed E-state index contributed by atoms with van der Waals surface area (Å²) in [6, 6.07) is 0. The van der Waals surface area contributed by atoms with E-state index in [0.717, 1.165) is 38.5 Å². The van der Waals surface area contributed by atoms with E-state index in [0.29, 0.717) is 6.54 Å². The van der Waals surface area contributed by atoms with Gasteiger partial charge in [0.15, 0.2) is 0 Å². The topological polar surface area (TPSA) is 63.4 Å². The van der Waals surface area contributed by atoms with Crippen LogP contribution in [0.25, 0.3) is 0 Å². The van der Waals surface area contributed by atoms with E-state index in [2.05, 4.69) is 0 Å². The van der Waals surface area contributed by atoms with Gasteiger partial charge in [-0.3, -0.25) is 0 Å². The third kappa shape index (κ3) is 3.01. The Balaban J connectivity index is 2.88. The number of rotatable bonds is 5. The number of nitrogens with zero attached hydrogens (tertiary/aromatic N) is 1. The molecule has 1 aliphatic rings. The van der Waals surface area contributed by atoms with Crippen molar-refractivity contribution in [3.63, 3.8) is 0 Å². The number of hydrogen-bond donors (Lipinski definition) is 1. The molecule has 1 saturated carbocycles. The van der Waals surface area contributed by atoms with Gasteiger partial charge in [-0.2, -0.15) is 4.31 Å². The summed E-state index contributed by atoms with van der Waals surface area (Å²) in [5, 5.41) is -0.196. The van der Waals surface area contributed by atoms with Gasteiger partial charge in [-0.25, -0.2) is 8.42 Å². The molecule has 1 unspecified atom stereocenters. The summed E-state index contributed by atoms with van der Waals surface area (Å²) in [7, 11) is -1.51. The molecule has 1 aliphatic carbocycles. The van der Waals surface area contributed by atoms with Crippen LogP contribution < -0.4 is 5.73 Å². The molecular weight excluding hydrogens is 236 g/mol. The standard InChI is InChI=1S/C12H26N2O2S/c1-4-12(2,10-13)14(3)17(15,16)11-8-6-5-7-9-11/h11H,4-10,13H2,1-3H3. The Kier molecular flexibility index (Phi) is 4.98. The van der Waals surface area contributed by atoms with E-state index in [4.69, 9.17) is 5.73 Å². The van der Waals surface area contributed by atoms with E-state index >= 15 is 0 Å². The van der Waals surface area contributed by atoms with Crippen LogP contribution in [0.4, 0.5) is 0 Å². The van der Waals surface area contributed by atoms with Crippen molar-refractivity contribution < 1.29 is 8.42 Å². The Labute approximate surface area is 106 Å². The van der Waals surface area contributed by atoms with Gasteiger partial charge in [0, 0.05) is 19.1 Å². The summed E-state index contributed by atoms with van der Waals surface area (Å²) in [5.41, 5.74) is 5.29. The van der Waals surface area contributed by atoms with Gasteiger partial charge < -0.3 is 5.73 Å². The van der Waals surface area contributed by atoms with Crippen LogP contribution in [0.5, 0.6) is 0 Å². The Morgan fingerprint density at radius 2 is 1.82 bits per heavy atom. The lowest BCUT2D eigenvalue weighted by Gasteiger charge is -2.39. The molecule has 4 nitrogen and oxygen atoms in total. The first-order chi connectivity index (χ1) is 7.88. The molecule has 0 aliphatic heterocycles. The second kappa shape index (κ2) is 5.67. The summed E-state index contributed by atoms with van der Waals surface area (Å²) < 4.78 is 26.6. The third-order valence-corrected chi connectivity index (χ3v) is 6.83. The predicted molar refractivity (Wildman–Crippen MR) is 71.3 cm³/mol. The van der Waals surface area contributed by atoms with E-state index < -0.39 is 15.6 Å². The molecule has 1 fully saturated rings. The van der Waals surface area contributed by atoms with E-state index in [1.165, 1.54) is 4.31 Å². The van der Waals surface area contributed by atoms with Crippen LogP contribution in [0.2, 0.25) is 0 Å². The Hall–Kier alpha value is -0.130. The normalized spacial score (nSPS) is 22.6. The lowest BCUT2D eigenvalue weighted by atomic mass is 10.00. The Morgan fingerprint density at radius 1 is 1.29 bits per heavy atom. The number of nitrogens with two attached hydrogens (primary N) is 1. The minimum Gasteiger partial charge on any atom is -0.329 e. The van der Waals surface area contributed by atoms with Gasteiger partial charge in [0.25, 0.3) is 0 Å². The lowest BCUT2D eigenvalue weighted by Crippen LogP contribution is -2.54. The van der Waals surface area contributed by atoms with Gasteiger partial charge in [-0.15, -0.1) is 0 Å². The third-order valence-electron chi connectivity index (χ3n) is 4.32. The fourth-order valence-electron chi connectivity index (χ4n) is 2.39. The van der Waals surface area contributed by atoms with E-state index in [1.54, 1.807) is 7.05 Å². The molecule has 0 aromatic heterocycles. The van der Waals surface area contributed by atoms with Crippen LogP contribution in [0.15, 0.2) is 0 Å². The maximum absolute atomic E-state index is 12.5. The van der Waals surface area contributed by atoms with Crippen molar-refractivity contribution >= 4 is 10.0 Å². The summed E-state index contributed by atoms with van der Waals surface area (Å²) in [6.07, 6.45) is 5.57. The molecule has 0 saturated heterocycles. The second-order valence-corrected chi connectivity index (χ2v) is 7.57. The maximum atomic E-state index is 12.5. The lowest BCUT2D eigenvalue weighted by molar-refractivity contribution is 0.235. The van der Waals surface area contributed by atoms with Crippen molar-refractivity contribution in [3.8, 4) is 0 Å². The highest BCUT2D eigenvalue weighted by Crippen LogP contribution is 2.29. The molecule has 0 aromatic carbocycles. The van der Waals surface area contributed by atoms with Gasteiger partial charge in [0.05, 0.1) is 5.25 Å². The maximum Gasteiger partial charge on any atom is 0.217 e. The van der Waals surface area contributed by atoms with E-state index in [1.807, 2.05) is 13.8 Å². The molecule has 17 heavy (non-hydrogen) atoms. The molecule has 1 rings (SSSR count). The van der Waals surface area contributed by atoms with Crippen molar-refractivity contribution in [2.75, 3.05) is 13.6 Å². The number of hydrogen-bond acceptors (Lipinski definition) is 3. The molecule has 1 atom stereocenters. The Bertz CT molecular complexity index is 330. The number of likely N-dealkylation sites (N-methyl/N-ethyl adjacent to an activating group) is 1. The average molecular weight is 262 g/mol. The first-order valence-corrected chi connectivity index (χ1v) is 8.06. The fourth-order valence-corrected chi connectivity index (χ4v) is 4.58. The van der Waals surface area contributed by atoms with Crippen molar-refractivity contribution in [1.82, 2.24) is 4.31 Å². The van der Waals surface area contributed by atoms with Crippen LogP contribution in [0.3, 0.4) is 0 Å². The zero-order chi connectivity index (χ0) is 13.1. The number of sulfonamides is 1. The fraction of sp³-hybridized carbons (Fsp3) is 1.00. The minimum atomic E-state index is -3.19. The van der Waals surface area contributed by atoms with Crippen LogP contribution in [0, 0.1) is 0 Å². The van der Waals surface area contributed by atoms with Crippen LogP contribution in [0.1, 0.15) is 52.4 Å². The minimum absolute atomic E-state index is 0.196. The molecule has 0 heterocycles. The second-order valence-electron chi connectivity index (χ2n) is 5.33. The molecule has 102 valence electrons.